The van der Waals surface area contributed by atoms with E-state index >= 15 is 0 Å². The average molecular weight is 397 g/mol. The minimum atomic E-state index is -0.341. The number of cyclic esters (lactones) is 1. The Kier molecular flexibility index (Phi) is 8.29. The molecule has 24 heavy (non-hydrogen) atoms. The highest BCUT2D eigenvalue weighted by atomic mass is 79.9. The number of rotatable bonds is 8. The van der Waals surface area contributed by atoms with Gasteiger partial charge in [-0.3, -0.25) is 9.59 Å². The first-order valence-corrected chi connectivity index (χ1v) is 9.77. The van der Waals surface area contributed by atoms with Gasteiger partial charge >= 0.3 is 5.97 Å². The van der Waals surface area contributed by atoms with Gasteiger partial charge < -0.3 is 9.47 Å². The molecule has 0 aliphatic carbocycles. The largest absolute Gasteiger partial charge is 0.461 e. The summed E-state index contributed by atoms with van der Waals surface area (Å²) in [5.41, 5.74) is 2.52. The lowest BCUT2D eigenvalue weighted by atomic mass is 9.98. The Labute approximate surface area is 152 Å². The zero-order valence-electron chi connectivity index (χ0n) is 13.9. The number of ether oxygens (including phenoxy) is 2. The summed E-state index contributed by atoms with van der Waals surface area (Å²) in [6.45, 7) is 0.474. The number of esters is 1. The van der Waals surface area contributed by atoms with Crippen molar-refractivity contribution in [2.45, 2.75) is 68.9 Å². The van der Waals surface area contributed by atoms with Gasteiger partial charge in [-0.15, -0.1) is 0 Å². The van der Waals surface area contributed by atoms with Crippen LogP contribution in [-0.4, -0.2) is 24.6 Å². The molecule has 0 bridgehead atoms. The Bertz CT molecular complexity index is 515. The first kappa shape index (κ1) is 19.0. The van der Waals surface area contributed by atoms with Crippen LogP contribution in [0, 0.1) is 0 Å². The summed E-state index contributed by atoms with van der Waals surface area (Å²) in [5.74, 6) is -0.176. The van der Waals surface area contributed by atoms with E-state index in [0.29, 0.717) is 19.3 Å². The topological polar surface area (TPSA) is 52.6 Å². The van der Waals surface area contributed by atoms with E-state index in [2.05, 4.69) is 40.2 Å². The molecule has 1 aromatic carbocycles. The fourth-order valence-electron chi connectivity index (χ4n) is 3.06. The Hall–Kier alpha value is -1.36. The van der Waals surface area contributed by atoms with E-state index in [9.17, 15) is 9.59 Å². The van der Waals surface area contributed by atoms with E-state index < -0.39 is 0 Å². The first-order valence-electron chi connectivity index (χ1n) is 8.65. The number of hydrogen-bond acceptors (Lipinski definition) is 4. The van der Waals surface area contributed by atoms with Crippen LogP contribution in [0.1, 0.15) is 56.1 Å². The van der Waals surface area contributed by atoms with Crippen molar-refractivity contribution in [2.24, 2.45) is 0 Å². The van der Waals surface area contributed by atoms with Crippen molar-refractivity contribution < 1.29 is 19.1 Å². The molecule has 0 spiro atoms. The van der Waals surface area contributed by atoms with Gasteiger partial charge in [-0.2, -0.15) is 0 Å². The summed E-state index contributed by atoms with van der Waals surface area (Å²) in [6, 6.07) is 8.48. The fourth-order valence-corrected chi connectivity index (χ4v) is 3.43. The zero-order chi connectivity index (χ0) is 17.2. The van der Waals surface area contributed by atoms with Crippen LogP contribution in [0.4, 0.5) is 0 Å². The molecule has 2 unspecified atom stereocenters. The summed E-state index contributed by atoms with van der Waals surface area (Å²) >= 11 is 3.44. The number of hydrogen-bond donors (Lipinski definition) is 0. The van der Waals surface area contributed by atoms with Gasteiger partial charge in [0, 0.05) is 11.8 Å². The quantitative estimate of drug-likeness (QED) is 0.372. The molecule has 2 rings (SSSR count). The second-order valence-electron chi connectivity index (χ2n) is 6.24. The molecule has 5 heteroatoms. The number of carbonyl (C=O) groups excluding carboxylic acids is 2. The molecule has 1 saturated heterocycles. The molecule has 4 nitrogen and oxygen atoms in total. The highest BCUT2D eigenvalue weighted by molar-refractivity contribution is 9.08. The maximum Gasteiger partial charge on any atom is 0.306 e. The number of halogens is 1. The van der Waals surface area contributed by atoms with Gasteiger partial charge in [-0.1, -0.05) is 46.6 Å². The van der Waals surface area contributed by atoms with Crippen LogP contribution in [0.3, 0.4) is 0 Å². The number of benzene rings is 1. The van der Waals surface area contributed by atoms with Gasteiger partial charge in [-0.25, -0.2) is 0 Å². The Morgan fingerprint density at radius 1 is 1.21 bits per heavy atom. The highest BCUT2D eigenvalue weighted by Gasteiger charge is 2.27. The minimum absolute atomic E-state index is 0.176. The van der Waals surface area contributed by atoms with Crippen LogP contribution in [0.15, 0.2) is 24.3 Å². The third-order valence-corrected chi connectivity index (χ3v) is 5.08. The predicted molar refractivity (Wildman–Crippen MR) is 95.9 cm³/mol. The monoisotopic (exact) mass is 396 g/mol. The maximum atomic E-state index is 11.7. The third kappa shape index (κ3) is 6.27. The van der Waals surface area contributed by atoms with E-state index in [-0.39, 0.29) is 18.2 Å². The van der Waals surface area contributed by atoms with Crippen molar-refractivity contribution in [3.05, 3.63) is 35.4 Å². The molecule has 0 N–H and O–H groups in total. The predicted octanol–water partition coefficient (Wildman–Crippen LogP) is 4.32. The van der Waals surface area contributed by atoms with Crippen molar-refractivity contribution in [2.75, 3.05) is 0 Å². The van der Waals surface area contributed by atoms with Crippen molar-refractivity contribution in [1.29, 1.82) is 0 Å². The van der Waals surface area contributed by atoms with E-state index in [0.717, 1.165) is 43.9 Å². The molecule has 132 valence electrons. The van der Waals surface area contributed by atoms with Gasteiger partial charge in [0.1, 0.15) is 12.2 Å². The Morgan fingerprint density at radius 2 is 1.96 bits per heavy atom. The second kappa shape index (κ2) is 10.5. The van der Waals surface area contributed by atoms with Crippen molar-refractivity contribution in [3.8, 4) is 0 Å². The van der Waals surface area contributed by atoms with Crippen molar-refractivity contribution in [3.63, 3.8) is 0 Å². The molecular formula is C19H25BrO4. The summed E-state index contributed by atoms with van der Waals surface area (Å²) in [6.07, 6.45) is 6.01. The van der Waals surface area contributed by atoms with Gasteiger partial charge in [0.2, 0.25) is 0 Å². The van der Waals surface area contributed by atoms with Crippen LogP contribution < -0.4 is 0 Å². The van der Waals surface area contributed by atoms with Crippen molar-refractivity contribution in [1.82, 2.24) is 0 Å². The van der Waals surface area contributed by atoms with Crippen LogP contribution in [0.5, 0.6) is 0 Å². The zero-order valence-corrected chi connectivity index (χ0v) is 15.5. The molecule has 0 aromatic heterocycles. The number of alkyl halides is 1. The summed E-state index contributed by atoms with van der Waals surface area (Å²) < 4.78 is 10.7. The lowest BCUT2D eigenvalue weighted by Gasteiger charge is -2.27. The summed E-state index contributed by atoms with van der Waals surface area (Å²) in [5, 5.41) is 0.857. The van der Waals surface area contributed by atoms with E-state index in [1.54, 1.807) is 0 Å². The van der Waals surface area contributed by atoms with Crippen LogP contribution in [-0.2, 0) is 30.8 Å². The van der Waals surface area contributed by atoms with E-state index in [1.165, 1.54) is 11.1 Å². The Morgan fingerprint density at radius 3 is 2.67 bits per heavy atom. The lowest BCUT2D eigenvalue weighted by Crippen LogP contribution is -2.34. The maximum absolute atomic E-state index is 11.7. The molecule has 0 amide bonds. The molecule has 1 aromatic rings. The smallest absolute Gasteiger partial charge is 0.306 e. The van der Waals surface area contributed by atoms with Crippen molar-refractivity contribution >= 4 is 28.4 Å². The second-order valence-corrected chi connectivity index (χ2v) is 6.80. The van der Waals surface area contributed by atoms with E-state index in [1.807, 2.05) is 0 Å². The summed E-state index contributed by atoms with van der Waals surface area (Å²) in [4.78, 5) is 22.6. The van der Waals surface area contributed by atoms with Gasteiger partial charge in [-0.05, 0) is 49.7 Å². The van der Waals surface area contributed by atoms with Crippen LogP contribution >= 0.6 is 15.9 Å². The molecule has 1 aliphatic heterocycles. The molecule has 2 atom stereocenters. The molecule has 1 fully saturated rings. The fraction of sp³-hybridized carbons (Fsp3) is 0.579. The number of carbonyl (C=O) groups is 2. The lowest BCUT2D eigenvalue weighted by molar-refractivity contribution is -0.163. The molecule has 0 saturated carbocycles. The van der Waals surface area contributed by atoms with Crippen LogP contribution in [0.25, 0.3) is 0 Å². The van der Waals surface area contributed by atoms with E-state index in [4.69, 9.17) is 9.47 Å². The standard InChI is InChI=1S/C19H25BrO4/c20-13-16-11-9-15(10-12-16)5-4-7-17(23-14-21)18-6-2-1-3-8-19(22)24-18/h9-12,14,17-18H,1-8,13H2. The first-order chi connectivity index (χ1) is 11.7. The Balaban J connectivity index is 1.86. The van der Waals surface area contributed by atoms with Gasteiger partial charge in [0.05, 0.1) is 0 Å². The molecule has 1 heterocycles. The normalized spacial score (nSPS) is 19.7. The van der Waals surface area contributed by atoms with Crippen LogP contribution in [0.2, 0.25) is 0 Å². The van der Waals surface area contributed by atoms with Gasteiger partial charge in [0.25, 0.3) is 6.47 Å². The number of aryl methyl sites for hydroxylation is 1. The molecule has 0 radical (unpaired) electrons. The van der Waals surface area contributed by atoms with Gasteiger partial charge in [0.15, 0.2) is 0 Å². The summed E-state index contributed by atoms with van der Waals surface area (Å²) in [7, 11) is 0. The SMILES string of the molecule is O=COC(CCCc1ccc(CBr)cc1)C1CCCCCC(=O)O1. The minimum Gasteiger partial charge on any atom is -0.461 e. The third-order valence-electron chi connectivity index (χ3n) is 4.43. The highest BCUT2D eigenvalue weighted by Crippen LogP contribution is 2.22. The molecular weight excluding hydrogens is 372 g/mol. The molecule has 1 aliphatic rings. The average Bonchev–Trinajstić information content (AvgIpc) is 2.58.